The summed E-state index contributed by atoms with van der Waals surface area (Å²) in [4.78, 5) is 34.5. The molecule has 2 aromatic rings. The third-order valence-corrected chi connectivity index (χ3v) is 6.31. The van der Waals surface area contributed by atoms with Crippen molar-refractivity contribution in [2.45, 2.75) is 16.3 Å². The van der Waals surface area contributed by atoms with Crippen molar-refractivity contribution in [3.63, 3.8) is 0 Å². The third kappa shape index (κ3) is 5.03. The molecular formula is C18H17N3O5S2. The van der Waals surface area contributed by atoms with Crippen molar-refractivity contribution >= 4 is 46.8 Å². The Morgan fingerprint density at radius 2 is 2.04 bits per heavy atom. The molecule has 0 spiro atoms. The van der Waals surface area contributed by atoms with Gasteiger partial charge in [-0.15, -0.1) is 23.5 Å². The third-order valence-electron chi connectivity index (χ3n) is 3.98. The number of carboxylic acids is 1. The Labute approximate surface area is 169 Å². The van der Waals surface area contributed by atoms with Gasteiger partial charge >= 0.3 is 5.97 Å². The van der Waals surface area contributed by atoms with Crippen molar-refractivity contribution in [1.82, 2.24) is 5.32 Å². The molecule has 1 heterocycles. The molecule has 146 valence electrons. The minimum atomic E-state index is -0.943. The summed E-state index contributed by atoms with van der Waals surface area (Å²) in [6.07, 6.45) is 0. The minimum Gasteiger partial charge on any atom is -0.480 e. The van der Waals surface area contributed by atoms with E-state index in [1.165, 1.54) is 17.8 Å². The summed E-state index contributed by atoms with van der Waals surface area (Å²) in [6, 6.07) is 13.0. The zero-order chi connectivity index (χ0) is 20.1. The average Bonchev–Trinajstić information content (AvgIpc) is 3.17. The van der Waals surface area contributed by atoms with Gasteiger partial charge in [0.1, 0.15) is 6.04 Å². The lowest BCUT2D eigenvalue weighted by molar-refractivity contribution is -0.387. The van der Waals surface area contributed by atoms with E-state index >= 15 is 0 Å². The molecule has 8 nitrogen and oxygen atoms in total. The molecule has 2 aromatic carbocycles. The Kier molecular flexibility index (Phi) is 6.55. The van der Waals surface area contributed by atoms with Crippen LogP contribution < -0.4 is 10.6 Å². The second kappa shape index (κ2) is 9.09. The highest BCUT2D eigenvalue weighted by atomic mass is 32.2. The lowest BCUT2D eigenvalue weighted by atomic mass is 10.2. The summed E-state index contributed by atoms with van der Waals surface area (Å²) in [7, 11) is 0. The topological polar surface area (TPSA) is 122 Å². The SMILES string of the molecule is O=C(CSc1ccc([C@@H]2N[C@H](C(=O)O)CS2)cc1[N+](=O)[O-])Nc1ccccc1. The van der Waals surface area contributed by atoms with E-state index in [-0.39, 0.29) is 22.7 Å². The van der Waals surface area contributed by atoms with Gasteiger partial charge in [0.15, 0.2) is 0 Å². The van der Waals surface area contributed by atoms with Crippen molar-refractivity contribution in [2.75, 3.05) is 16.8 Å². The second-order valence-electron chi connectivity index (χ2n) is 5.96. The van der Waals surface area contributed by atoms with Crippen LogP contribution in [0.5, 0.6) is 0 Å². The first-order valence-electron chi connectivity index (χ1n) is 8.30. The summed E-state index contributed by atoms with van der Waals surface area (Å²) >= 11 is 2.48. The monoisotopic (exact) mass is 419 g/mol. The van der Waals surface area contributed by atoms with Crippen molar-refractivity contribution < 1.29 is 19.6 Å². The Balaban J connectivity index is 1.67. The fraction of sp³-hybridized carbons (Fsp3) is 0.222. The Hall–Kier alpha value is -2.56. The average molecular weight is 419 g/mol. The first-order valence-corrected chi connectivity index (χ1v) is 10.3. The number of hydrogen-bond donors (Lipinski definition) is 3. The van der Waals surface area contributed by atoms with Gasteiger partial charge in [-0.2, -0.15) is 0 Å². The number of rotatable bonds is 7. The van der Waals surface area contributed by atoms with E-state index in [1.54, 1.807) is 36.4 Å². The fourth-order valence-electron chi connectivity index (χ4n) is 2.63. The minimum absolute atomic E-state index is 0.0343. The van der Waals surface area contributed by atoms with E-state index in [0.29, 0.717) is 21.9 Å². The molecule has 0 aromatic heterocycles. The Morgan fingerprint density at radius 1 is 1.29 bits per heavy atom. The molecular weight excluding hydrogens is 402 g/mol. The van der Waals surface area contributed by atoms with Gasteiger partial charge in [-0.25, -0.2) is 0 Å². The molecule has 28 heavy (non-hydrogen) atoms. The maximum Gasteiger partial charge on any atom is 0.321 e. The maximum atomic E-state index is 12.1. The summed E-state index contributed by atoms with van der Waals surface area (Å²) < 4.78 is 0. The highest BCUT2D eigenvalue weighted by Gasteiger charge is 2.31. The van der Waals surface area contributed by atoms with Crippen LogP contribution >= 0.6 is 23.5 Å². The van der Waals surface area contributed by atoms with Crippen LogP contribution in [-0.2, 0) is 9.59 Å². The molecule has 1 aliphatic rings. The van der Waals surface area contributed by atoms with Gasteiger partial charge in [0.05, 0.1) is 20.9 Å². The van der Waals surface area contributed by atoms with Crippen LogP contribution in [0.2, 0.25) is 0 Å². The number of carbonyl (C=O) groups is 2. The van der Waals surface area contributed by atoms with Crippen molar-refractivity contribution in [1.29, 1.82) is 0 Å². The molecule has 1 amide bonds. The normalized spacial score (nSPS) is 18.6. The first kappa shape index (κ1) is 20.2. The molecule has 3 rings (SSSR count). The molecule has 10 heteroatoms. The molecule has 0 bridgehead atoms. The van der Waals surface area contributed by atoms with Crippen molar-refractivity contribution in [2.24, 2.45) is 0 Å². The number of nitrogens with one attached hydrogen (secondary N) is 2. The van der Waals surface area contributed by atoms with E-state index in [9.17, 15) is 19.7 Å². The molecule has 0 saturated carbocycles. The second-order valence-corrected chi connectivity index (χ2v) is 8.11. The van der Waals surface area contributed by atoms with E-state index in [1.807, 2.05) is 6.07 Å². The van der Waals surface area contributed by atoms with Gasteiger partial charge < -0.3 is 10.4 Å². The molecule has 2 atom stereocenters. The molecule has 0 unspecified atom stereocenters. The predicted octanol–water partition coefficient (Wildman–Crippen LogP) is 3.11. The van der Waals surface area contributed by atoms with Gasteiger partial charge in [-0.3, -0.25) is 25.0 Å². The van der Waals surface area contributed by atoms with Gasteiger partial charge in [0.2, 0.25) is 5.91 Å². The van der Waals surface area contributed by atoms with Crippen LogP contribution in [0.15, 0.2) is 53.4 Å². The van der Waals surface area contributed by atoms with Crippen LogP contribution in [0, 0.1) is 10.1 Å². The van der Waals surface area contributed by atoms with E-state index in [4.69, 9.17) is 5.11 Å². The number of nitro groups is 1. The highest BCUT2D eigenvalue weighted by Crippen LogP contribution is 2.37. The summed E-state index contributed by atoms with van der Waals surface area (Å²) in [5.41, 5.74) is 1.20. The fourth-order valence-corrected chi connectivity index (χ4v) is 4.66. The molecule has 0 radical (unpaired) electrons. The molecule has 3 N–H and O–H groups in total. The number of thioether (sulfide) groups is 2. The van der Waals surface area contributed by atoms with E-state index < -0.39 is 16.9 Å². The van der Waals surface area contributed by atoms with Crippen LogP contribution in [0.25, 0.3) is 0 Å². The Bertz CT molecular complexity index is 894. The van der Waals surface area contributed by atoms with Crippen LogP contribution in [-0.4, -0.2) is 39.5 Å². The van der Waals surface area contributed by atoms with E-state index in [2.05, 4.69) is 10.6 Å². The first-order chi connectivity index (χ1) is 13.4. The van der Waals surface area contributed by atoms with E-state index in [0.717, 1.165) is 11.8 Å². The maximum absolute atomic E-state index is 12.1. The Morgan fingerprint density at radius 3 is 2.68 bits per heavy atom. The van der Waals surface area contributed by atoms with Gasteiger partial charge in [-0.05, 0) is 23.8 Å². The number of nitro benzene ring substituents is 1. The molecule has 1 aliphatic heterocycles. The number of benzene rings is 2. The number of amides is 1. The quantitative estimate of drug-likeness (QED) is 0.356. The van der Waals surface area contributed by atoms with Crippen LogP contribution in [0.4, 0.5) is 11.4 Å². The van der Waals surface area contributed by atoms with Crippen LogP contribution in [0.3, 0.4) is 0 Å². The standard InChI is InChI=1S/C18H17N3O5S2/c22-16(19-12-4-2-1-3-5-12)10-27-15-7-6-11(8-14(15)21(25)26)17-20-13(9-28-17)18(23)24/h1-8,13,17,20H,9-10H2,(H,19,22)(H,23,24)/t13-,17+/m0/s1. The molecule has 1 saturated heterocycles. The zero-order valence-electron chi connectivity index (χ0n) is 14.5. The van der Waals surface area contributed by atoms with Gasteiger partial charge in [0, 0.05) is 17.5 Å². The van der Waals surface area contributed by atoms with Gasteiger partial charge in [-0.1, -0.05) is 24.3 Å². The molecule has 0 aliphatic carbocycles. The number of hydrogen-bond acceptors (Lipinski definition) is 7. The van der Waals surface area contributed by atoms with Gasteiger partial charge in [0.25, 0.3) is 5.69 Å². The smallest absolute Gasteiger partial charge is 0.321 e. The lowest BCUT2D eigenvalue weighted by Crippen LogP contribution is -2.33. The van der Waals surface area contributed by atoms with Crippen LogP contribution in [0.1, 0.15) is 10.9 Å². The molecule has 1 fully saturated rings. The predicted molar refractivity (Wildman–Crippen MR) is 109 cm³/mol. The number of para-hydroxylation sites is 1. The number of carbonyl (C=O) groups excluding carboxylic acids is 1. The van der Waals surface area contributed by atoms with Crippen molar-refractivity contribution in [3.8, 4) is 0 Å². The van der Waals surface area contributed by atoms with Crippen molar-refractivity contribution in [3.05, 3.63) is 64.2 Å². The number of aliphatic carboxylic acids is 1. The zero-order valence-corrected chi connectivity index (χ0v) is 16.2. The number of anilines is 1. The lowest BCUT2D eigenvalue weighted by Gasteiger charge is -2.12. The number of nitrogens with zero attached hydrogens (tertiary/aromatic N) is 1. The summed E-state index contributed by atoms with van der Waals surface area (Å²) in [5.74, 6) is -0.774. The summed E-state index contributed by atoms with van der Waals surface area (Å²) in [5, 5.41) is 25.9. The summed E-state index contributed by atoms with van der Waals surface area (Å²) in [6.45, 7) is 0. The highest BCUT2D eigenvalue weighted by molar-refractivity contribution is 8.00. The number of carboxylic acid groups (broad SMARTS) is 1. The largest absolute Gasteiger partial charge is 0.480 e.